The standard InChI is InChI=1S/C5H3FN2O3/c6-4-1-2-7(9)3-5(4)8(10)11/h1-3H. The fourth-order valence-corrected chi connectivity index (χ4v) is 0.584. The van der Waals surface area contributed by atoms with E-state index >= 15 is 0 Å². The fraction of sp³-hybridized carbons (Fsp3) is 0. The van der Waals surface area contributed by atoms with Crippen molar-refractivity contribution in [1.29, 1.82) is 0 Å². The van der Waals surface area contributed by atoms with Gasteiger partial charge >= 0.3 is 5.69 Å². The molecule has 0 fully saturated rings. The van der Waals surface area contributed by atoms with Crippen molar-refractivity contribution in [2.24, 2.45) is 0 Å². The van der Waals surface area contributed by atoms with Crippen LogP contribution >= 0.6 is 0 Å². The van der Waals surface area contributed by atoms with Gasteiger partial charge in [0.1, 0.15) is 0 Å². The highest BCUT2D eigenvalue weighted by atomic mass is 19.1. The van der Waals surface area contributed by atoms with E-state index in [2.05, 4.69) is 0 Å². The van der Waals surface area contributed by atoms with Gasteiger partial charge in [0.2, 0.25) is 5.82 Å². The molecule has 1 aromatic rings. The second-order valence-electron chi connectivity index (χ2n) is 1.80. The summed E-state index contributed by atoms with van der Waals surface area (Å²) in [5, 5.41) is 20.4. The molecule has 0 aliphatic rings. The van der Waals surface area contributed by atoms with E-state index in [1.807, 2.05) is 0 Å². The molecule has 0 saturated carbocycles. The lowest BCUT2D eigenvalue weighted by molar-refractivity contribution is -0.610. The summed E-state index contributed by atoms with van der Waals surface area (Å²) in [5.41, 5.74) is -0.817. The Hall–Kier alpha value is -1.72. The highest BCUT2D eigenvalue weighted by Gasteiger charge is 2.16. The molecule has 11 heavy (non-hydrogen) atoms. The molecule has 0 atom stereocenters. The minimum atomic E-state index is -1.01. The van der Waals surface area contributed by atoms with Gasteiger partial charge in [0, 0.05) is 6.07 Å². The predicted molar refractivity (Wildman–Crippen MR) is 32.0 cm³/mol. The van der Waals surface area contributed by atoms with Crippen molar-refractivity contribution in [3.05, 3.63) is 39.6 Å². The largest absolute Gasteiger partial charge is 0.619 e. The Bertz CT molecular complexity index is 302. The van der Waals surface area contributed by atoms with Crippen LogP contribution in [0.15, 0.2) is 18.5 Å². The Labute approximate surface area is 60.4 Å². The molecule has 0 bridgehead atoms. The molecule has 5 nitrogen and oxygen atoms in total. The Kier molecular flexibility index (Phi) is 1.67. The third-order valence-corrected chi connectivity index (χ3v) is 1.06. The second-order valence-corrected chi connectivity index (χ2v) is 1.80. The van der Waals surface area contributed by atoms with Gasteiger partial charge in [-0.15, -0.1) is 0 Å². The Morgan fingerprint density at radius 3 is 2.73 bits per heavy atom. The molecule has 1 rings (SSSR count). The average molecular weight is 158 g/mol. The van der Waals surface area contributed by atoms with Crippen molar-refractivity contribution in [3.63, 3.8) is 0 Å². The molecule has 0 N–H and O–H groups in total. The van der Waals surface area contributed by atoms with Crippen molar-refractivity contribution in [2.45, 2.75) is 0 Å². The summed E-state index contributed by atoms with van der Waals surface area (Å²) >= 11 is 0. The molecule has 0 spiro atoms. The van der Waals surface area contributed by atoms with E-state index in [4.69, 9.17) is 0 Å². The van der Waals surface area contributed by atoms with Crippen LogP contribution in [-0.4, -0.2) is 4.92 Å². The van der Waals surface area contributed by atoms with E-state index in [0.717, 1.165) is 12.3 Å². The summed E-state index contributed by atoms with van der Waals surface area (Å²) in [6.07, 6.45) is 1.41. The first-order valence-electron chi connectivity index (χ1n) is 2.64. The summed E-state index contributed by atoms with van der Waals surface area (Å²) in [6, 6.07) is 0.741. The molecular formula is C5H3FN2O3. The van der Waals surface area contributed by atoms with Gasteiger partial charge in [-0.3, -0.25) is 10.1 Å². The van der Waals surface area contributed by atoms with Crippen LogP contribution < -0.4 is 4.73 Å². The minimum absolute atomic E-state index is 0.168. The third-order valence-electron chi connectivity index (χ3n) is 1.06. The first-order valence-corrected chi connectivity index (χ1v) is 2.64. The summed E-state index contributed by atoms with van der Waals surface area (Å²) < 4.78 is 12.6. The number of rotatable bonds is 1. The number of aromatic nitrogens is 1. The number of halogens is 1. The normalized spacial score (nSPS) is 9.55. The number of nitro groups is 1. The summed E-state index contributed by atoms with van der Waals surface area (Å²) in [5.74, 6) is -1.01. The summed E-state index contributed by atoms with van der Waals surface area (Å²) in [6.45, 7) is 0. The van der Waals surface area contributed by atoms with Crippen molar-refractivity contribution in [1.82, 2.24) is 0 Å². The number of hydrogen-bond donors (Lipinski definition) is 0. The molecule has 1 heterocycles. The Balaban J connectivity index is 3.23. The van der Waals surface area contributed by atoms with Gasteiger partial charge in [-0.25, -0.2) is 0 Å². The van der Waals surface area contributed by atoms with Crippen molar-refractivity contribution in [2.75, 3.05) is 0 Å². The monoisotopic (exact) mass is 158 g/mol. The lowest BCUT2D eigenvalue weighted by atomic mass is 10.4. The van der Waals surface area contributed by atoms with Crippen LogP contribution in [0.25, 0.3) is 0 Å². The molecule has 0 saturated heterocycles. The van der Waals surface area contributed by atoms with E-state index in [1.54, 1.807) is 0 Å². The van der Waals surface area contributed by atoms with Crippen molar-refractivity contribution >= 4 is 5.69 Å². The maximum Gasteiger partial charge on any atom is 0.368 e. The third kappa shape index (κ3) is 1.40. The first-order chi connectivity index (χ1) is 5.11. The van der Waals surface area contributed by atoms with E-state index in [9.17, 15) is 19.7 Å². The van der Waals surface area contributed by atoms with Crippen LogP contribution in [0, 0.1) is 21.1 Å². The predicted octanol–water partition coefficient (Wildman–Crippen LogP) is 0.367. The molecule has 1 aromatic heterocycles. The summed E-state index contributed by atoms with van der Waals surface area (Å²) in [4.78, 5) is 9.03. The van der Waals surface area contributed by atoms with Gasteiger partial charge < -0.3 is 5.21 Å². The van der Waals surface area contributed by atoms with Crippen LogP contribution in [0.5, 0.6) is 0 Å². The van der Waals surface area contributed by atoms with Crippen LogP contribution in [0.3, 0.4) is 0 Å². The van der Waals surface area contributed by atoms with E-state index in [1.165, 1.54) is 0 Å². The van der Waals surface area contributed by atoms with Gasteiger partial charge in [0.15, 0.2) is 6.20 Å². The zero-order chi connectivity index (χ0) is 8.43. The maximum atomic E-state index is 12.4. The quantitative estimate of drug-likeness (QED) is 0.256. The van der Waals surface area contributed by atoms with Crippen molar-refractivity contribution in [3.8, 4) is 0 Å². The van der Waals surface area contributed by atoms with Crippen LogP contribution in [0.2, 0.25) is 0 Å². The maximum absolute atomic E-state index is 12.4. The van der Waals surface area contributed by atoms with Crippen LogP contribution in [0.1, 0.15) is 0 Å². The van der Waals surface area contributed by atoms with E-state index in [-0.39, 0.29) is 4.73 Å². The number of pyridine rings is 1. The molecule has 0 aliphatic heterocycles. The van der Waals surface area contributed by atoms with Gasteiger partial charge in [-0.2, -0.15) is 9.12 Å². The highest BCUT2D eigenvalue weighted by molar-refractivity contribution is 5.24. The average Bonchev–Trinajstić information content (AvgIpc) is 1.94. The Morgan fingerprint density at radius 2 is 2.27 bits per heavy atom. The SMILES string of the molecule is O=[N+]([O-])c1c[n+]([O-])ccc1F. The van der Waals surface area contributed by atoms with Gasteiger partial charge in [-0.1, -0.05) is 0 Å². The molecular weight excluding hydrogens is 155 g/mol. The summed E-state index contributed by atoms with van der Waals surface area (Å²) in [7, 11) is 0. The van der Waals surface area contributed by atoms with Crippen LogP contribution in [0.4, 0.5) is 10.1 Å². The number of nitrogens with zero attached hydrogens (tertiary/aromatic N) is 2. The number of hydrogen-bond acceptors (Lipinski definition) is 3. The van der Waals surface area contributed by atoms with E-state index in [0.29, 0.717) is 6.20 Å². The topological polar surface area (TPSA) is 70.1 Å². The molecule has 58 valence electrons. The first kappa shape index (κ1) is 7.39. The minimum Gasteiger partial charge on any atom is -0.619 e. The van der Waals surface area contributed by atoms with Crippen molar-refractivity contribution < 1.29 is 14.0 Å². The molecule has 0 amide bonds. The lowest BCUT2D eigenvalue weighted by Crippen LogP contribution is -2.25. The van der Waals surface area contributed by atoms with Gasteiger partial charge in [0.05, 0.1) is 4.92 Å². The molecule has 0 aromatic carbocycles. The molecule has 0 aliphatic carbocycles. The van der Waals surface area contributed by atoms with Gasteiger partial charge in [-0.05, 0) is 0 Å². The second kappa shape index (κ2) is 2.49. The van der Waals surface area contributed by atoms with Crippen LogP contribution in [-0.2, 0) is 0 Å². The Morgan fingerprint density at radius 1 is 1.64 bits per heavy atom. The molecule has 0 radical (unpaired) electrons. The highest BCUT2D eigenvalue weighted by Crippen LogP contribution is 2.11. The van der Waals surface area contributed by atoms with Gasteiger partial charge in [0.25, 0.3) is 6.20 Å². The smallest absolute Gasteiger partial charge is 0.368 e. The zero-order valence-electron chi connectivity index (χ0n) is 5.23. The van der Waals surface area contributed by atoms with E-state index < -0.39 is 16.4 Å². The molecule has 6 heteroatoms. The fourth-order valence-electron chi connectivity index (χ4n) is 0.584. The molecule has 0 unspecified atom stereocenters. The zero-order valence-corrected chi connectivity index (χ0v) is 5.23. The lowest BCUT2D eigenvalue weighted by Gasteiger charge is -1.94.